The first-order valence-electron chi connectivity index (χ1n) is 7.53. The average molecular weight is 319 g/mol. The second-order valence-electron chi connectivity index (χ2n) is 5.31. The van der Waals surface area contributed by atoms with E-state index in [4.69, 9.17) is 4.74 Å². The Hall–Kier alpha value is -3.21. The van der Waals surface area contributed by atoms with E-state index in [1.165, 1.54) is 0 Å². The second-order valence-corrected chi connectivity index (χ2v) is 5.31. The Morgan fingerprint density at radius 1 is 1.17 bits per heavy atom. The average Bonchev–Trinajstić information content (AvgIpc) is 3.06. The van der Waals surface area contributed by atoms with Gasteiger partial charge in [-0.25, -0.2) is 0 Å². The zero-order valence-corrected chi connectivity index (χ0v) is 13.3. The maximum atomic E-state index is 12.0. The first-order chi connectivity index (χ1) is 11.7. The largest absolute Gasteiger partial charge is 0.489 e. The van der Waals surface area contributed by atoms with Gasteiger partial charge in [-0.1, -0.05) is 18.2 Å². The van der Waals surface area contributed by atoms with Crippen molar-refractivity contribution in [2.24, 2.45) is 7.05 Å². The fraction of sp³-hybridized carbons (Fsp3) is 0.105. The van der Waals surface area contributed by atoms with E-state index >= 15 is 0 Å². The molecular formula is C19H17N3O2. The highest BCUT2D eigenvalue weighted by atomic mass is 16.5. The lowest BCUT2D eigenvalue weighted by Crippen LogP contribution is -1.95. The number of rotatable bonds is 6. The highest BCUT2D eigenvalue weighted by Crippen LogP contribution is 2.15. The highest BCUT2D eigenvalue weighted by molar-refractivity contribution is 6.06. The number of carbonyl (C=O) groups is 1. The zero-order valence-electron chi connectivity index (χ0n) is 13.3. The van der Waals surface area contributed by atoms with Crippen LogP contribution in [-0.2, 0) is 13.7 Å². The molecule has 2 aromatic heterocycles. The van der Waals surface area contributed by atoms with E-state index in [9.17, 15) is 4.79 Å². The first-order valence-corrected chi connectivity index (χ1v) is 7.53. The van der Waals surface area contributed by atoms with Gasteiger partial charge in [0, 0.05) is 25.6 Å². The lowest BCUT2D eigenvalue weighted by molar-refractivity contribution is 0.104. The molecule has 0 unspecified atom stereocenters. The van der Waals surface area contributed by atoms with Crippen LogP contribution in [-0.4, -0.2) is 20.5 Å². The van der Waals surface area contributed by atoms with Gasteiger partial charge in [-0.2, -0.15) is 5.10 Å². The normalized spacial score (nSPS) is 10.9. The molecule has 24 heavy (non-hydrogen) atoms. The third kappa shape index (κ3) is 4.16. The molecule has 5 heteroatoms. The number of hydrogen-bond donors (Lipinski definition) is 0. The molecule has 0 spiro atoms. The van der Waals surface area contributed by atoms with Gasteiger partial charge in [0.05, 0.1) is 11.8 Å². The van der Waals surface area contributed by atoms with Crippen molar-refractivity contribution in [3.63, 3.8) is 0 Å². The van der Waals surface area contributed by atoms with Crippen molar-refractivity contribution in [3.8, 4) is 5.75 Å². The highest BCUT2D eigenvalue weighted by Gasteiger charge is 2.03. The molecule has 0 aliphatic rings. The van der Waals surface area contributed by atoms with Crippen molar-refractivity contribution in [2.45, 2.75) is 6.61 Å². The van der Waals surface area contributed by atoms with Crippen LogP contribution < -0.4 is 4.74 Å². The summed E-state index contributed by atoms with van der Waals surface area (Å²) in [7, 11) is 1.78. The fourth-order valence-electron chi connectivity index (χ4n) is 2.14. The number of pyridine rings is 1. The number of benzene rings is 1. The monoisotopic (exact) mass is 319 g/mol. The molecule has 120 valence electrons. The molecule has 0 saturated carbocycles. The Bertz CT molecular complexity index is 837. The summed E-state index contributed by atoms with van der Waals surface area (Å²) in [5, 5.41) is 3.99. The summed E-state index contributed by atoms with van der Waals surface area (Å²) < 4.78 is 7.32. The molecule has 1 aromatic carbocycles. The summed E-state index contributed by atoms with van der Waals surface area (Å²) in [5.74, 6) is 0.712. The third-order valence-corrected chi connectivity index (χ3v) is 3.45. The maximum Gasteiger partial charge on any atom is 0.189 e. The van der Waals surface area contributed by atoms with E-state index in [0.717, 1.165) is 16.9 Å². The lowest BCUT2D eigenvalue weighted by atomic mass is 10.1. The summed E-state index contributed by atoms with van der Waals surface area (Å²) >= 11 is 0. The Kier molecular flexibility index (Phi) is 4.81. The number of allylic oxidation sites excluding steroid dienone is 1. The Labute approximate surface area is 140 Å². The van der Waals surface area contributed by atoms with E-state index in [-0.39, 0.29) is 5.78 Å². The van der Waals surface area contributed by atoms with Crippen LogP contribution in [0.1, 0.15) is 21.5 Å². The van der Waals surface area contributed by atoms with Crippen molar-refractivity contribution < 1.29 is 9.53 Å². The number of ether oxygens (including phenoxy) is 1. The van der Waals surface area contributed by atoms with Gasteiger partial charge < -0.3 is 4.74 Å². The summed E-state index contributed by atoms with van der Waals surface area (Å²) in [6.07, 6.45) is 10.1. The summed E-state index contributed by atoms with van der Waals surface area (Å²) in [5.41, 5.74) is 2.57. The molecule has 0 N–H and O–H groups in total. The maximum absolute atomic E-state index is 12.0. The molecule has 0 aliphatic carbocycles. The van der Waals surface area contributed by atoms with Crippen LogP contribution in [0.15, 0.2) is 67.3 Å². The lowest BCUT2D eigenvalue weighted by Gasteiger charge is -2.06. The molecule has 0 amide bonds. The van der Waals surface area contributed by atoms with E-state index in [1.54, 1.807) is 48.7 Å². The van der Waals surface area contributed by atoms with Crippen LogP contribution in [0.25, 0.3) is 6.08 Å². The molecule has 0 atom stereocenters. The molecule has 3 aromatic rings. The number of nitrogens with zero attached hydrogens (tertiary/aromatic N) is 3. The smallest absolute Gasteiger partial charge is 0.189 e. The number of aryl methyl sites for hydroxylation is 1. The standard InChI is InChI=1S/C19H17N3O2/c1-22-13-17(12-21-22)19(23)7-4-15-2-5-18(6-3-15)24-14-16-8-10-20-11-9-16/h2-13H,14H2,1H3. The van der Waals surface area contributed by atoms with E-state index in [1.807, 2.05) is 36.4 Å². The van der Waals surface area contributed by atoms with Crippen LogP contribution in [0.2, 0.25) is 0 Å². The summed E-state index contributed by atoms with van der Waals surface area (Å²) in [6, 6.07) is 11.4. The van der Waals surface area contributed by atoms with Crippen LogP contribution in [0.4, 0.5) is 0 Å². The van der Waals surface area contributed by atoms with E-state index in [2.05, 4.69) is 10.1 Å². The van der Waals surface area contributed by atoms with E-state index < -0.39 is 0 Å². The summed E-state index contributed by atoms with van der Waals surface area (Å²) in [6.45, 7) is 0.497. The van der Waals surface area contributed by atoms with Gasteiger partial charge in [0.25, 0.3) is 0 Å². The number of aromatic nitrogens is 3. The van der Waals surface area contributed by atoms with Gasteiger partial charge in [0.2, 0.25) is 0 Å². The topological polar surface area (TPSA) is 57.0 Å². The Balaban J connectivity index is 1.58. The minimum atomic E-state index is -0.0684. The predicted octanol–water partition coefficient (Wildman–Crippen LogP) is 3.29. The molecule has 0 fully saturated rings. The first kappa shape index (κ1) is 15.7. The van der Waals surface area contributed by atoms with Gasteiger partial charge in [0.15, 0.2) is 5.78 Å². The number of ketones is 1. The predicted molar refractivity (Wildman–Crippen MR) is 91.6 cm³/mol. The summed E-state index contributed by atoms with van der Waals surface area (Å²) in [4.78, 5) is 16.0. The minimum absolute atomic E-state index is 0.0684. The molecule has 5 nitrogen and oxygen atoms in total. The molecule has 0 radical (unpaired) electrons. The van der Waals surface area contributed by atoms with Crippen molar-refractivity contribution in [3.05, 3.63) is 84.0 Å². The van der Waals surface area contributed by atoms with Gasteiger partial charge in [-0.3, -0.25) is 14.5 Å². The third-order valence-electron chi connectivity index (χ3n) is 3.45. The van der Waals surface area contributed by atoms with Crippen molar-refractivity contribution in [2.75, 3.05) is 0 Å². The Morgan fingerprint density at radius 3 is 2.58 bits per heavy atom. The van der Waals surface area contributed by atoms with E-state index in [0.29, 0.717) is 12.2 Å². The molecule has 0 saturated heterocycles. The van der Waals surface area contributed by atoms with Crippen molar-refractivity contribution in [1.82, 2.24) is 14.8 Å². The molecule has 2 heterocycles. The zero-order chi connectivity index (χ0) is 16.8. The van der Waals surface area contributed by atoms with Crippen molar-refractivity contribution >= 4 is 11.9 Å². The van der Waals surface area contributed by atoms with Crippen LogP contribution in [0, 0.1) is 0 Å². The van der Waals surface area contributed by atoms with Gasteiger partial charge in [-0.05, 0) is 41.5 Å². The number of carbonyl (C=O) groups excluding carboxylic acids is 1. The van der Waals surface area contributed by atoms with Gasteiger partial charge in [-0.15, -0.1) is 0 Å². The molecule has 3 rings (SSSR count). The quantitative estimate of drug-likeness (QED) is 0.517. The number of hydrogen-bond acceptors (Lipinski definition) is 4. The van der Waals surface area contributed by atoms with Crippen molar-refractivity contribution in [1.29, 1.82) is 0 Å². The van der Waals surface area contributed by atoms with Crippen LogP contribution >= 0.6 is 0 Å². The Morgan fingerprint density at radius 2 is 1.92 bits per heavy atom. The van der Waals surface area contributed by atoms with Crippen LogP contribution in [0.5, 0.6) is 5.75 Å². The van der Waals surface area contributed by atoms with Crippen LogP contribution in [0.3, 0.4) is 0 Å². The van der Waals surface area contributed by atoms with Gasteiger partial charge >= 0.3 is 0 Å². The molecule has 0 aliphatic heterocycles. The minimum Gasteiger partial charge on any atom is -0.489 e. The van der Waals surface area contributed by atoms with Gasteiger partial charge in [0.1, 0.15) is 12.4 Å². The fourth-order valence-corrected chi connectivity index (χ4v) is 2.14. The SMILES string of the molecule is Cn1cc(C(=O)C=Cc2ccc(OCc3ccncc3)cc2)cn1. The molecule has 0 bridgehead atoms. The molecular weight excluding hydrogens is 302 g/mol. The second kappa shape index (κ2) is 7.37.